The molecule has 0 radical (unpaired) electrons. The van der Waals surface area contributed by atoms with E-state index in [2.05, 4.69) is 26.5 Å². The van der Waals surface area contributed by atoms with E-state index < -0.39 is 17.7 Å². The van der Waals surface area contributed by atoms with Gasteiger partial charge in [0.25, 0.3) is 5.91 Å². The van der Waals surface area contributed by atoms with Gasteiger partial charge in [-0.05, 0) is 49.4 Å². The Balaban J connectivity index is 1.75. The van der Waals surface area contributed by atoms with Crippen molar-refractivity contribution in [1.82, 2.24) is 5.43 Å². The summed E-state index contributed by atoms with van der Waals surface area (Å²) >= 11 is 3.34. The van der Waals surface area contributed by atoms with Gasteiger partial charge in [-0.25, -0.2) is 14.6 Å². The standard InChI is InChI=1S/C22H16BrFN2O3/c1-14-6-8-15(9-7-14)22(28)29-20-11-10-17(23)12-16(20)13-25-26-21(27)18-4-2-3-5-19(18)24/h2-13H,1H3,(H,26,27)/b25-13+. The third kappa shape index (κ3) is 5.36. The summed E-state index contributed by atoms with van der Waals surface area (Å²) in [4.78, 5) is 24.4. The molecule has 0 atom stereocenters. The first-order valence-electron chi connectivity index (χ1n) is 8.60. The SMILES string of the molecule is Cc1ccc(C(=O)Oc2ccc(Br)cc2/C=N/NC(=O)c2ccccc2F)cc1. The van der Waals surface area contributed by atoms with Crippen molar-refractivity contribution < 1.29 is 18.7 Å². The second-order valence-corrected chi connectivity index (χ2v) is 7.03. The lowest BCUT2D eigenvalue weighted by Gasteiger charge is -2.08. The third-order valence-electron chi connectivity index (χ3n) is 3.95. The molecule has 0 aromatic heterocycles. The fourth-order valence-corrected chi connectivity index (χ4v) is 2.81. The predicted octanol–water partition coefficient (Wildman–Crippen LogP) is 4.88. The van der Waals surface area contributed by atoms with Crippen LogP contribution in [0.3, 0.4) is 0 Å². The van der Waals surface area contributed by atoms with E-state index in [1.165, 1.54) is 24.4 Å². The minimum Gasteiger partial charge on any atom is -0.422 e. The van der Waals surface area contributed by atoms with Crippen LogP contribution in [0, 0.1) is 12.7 Å². The predicted molar refractivity (Wildman–Crippen MR) is 112 cm³/mol. The second-order valence-electron chi connectivity index (χ2n) is 6.12. The Hall–Kier alpha value is -3.32. The smallest absolute Gasteiger partial charge is 0.343 e. The number of halogens is 2. The number of nitrogens with zero attached hydrogens (tertiary/aromatic N) is 1. The largest absolute Gasteiger partial charge is 0.422 e. The molecule has 29 heavy (non-hydrogen) atoms. The Morgan fingerprint density at radius 2 is 1.79 bits per heavy atom. The Bertz CT molecular complexity index is 1080. The minimum atomic E-state index is -0.687. The maximum Gasteiger partial charge on any atom is 0.343 e. The molecule has 0 bridgehead atoms. The Labute approximate surface area is 175 Å². The summed E-state index contributed by atoms with van der Waals surface area (Å²) in [6.07, 6.45) is 1.32. The fraction of sp³-hybridized carbons (Fsp3) is 0.0455. The maximum absolute atomic E-state index is 13.7. The molecule has 0 fully saturated rings. The van der Waals surface area contributed by atoms with E-state index in [0.29, 0.717) is 11.1 Å². The molecule has 0 saturated carbocycles. The first-order valence-corrected chi connectivity index (χ1v) is 9.39. The van der Waals surface area contributed by atoms with Crippen LogP contribution < -0.4 is 10.2 Å². The second kappa shape index (κ2) is 9.25. The van der Waals surface area contributed by atoms with Crippen molar-refractivity contribution in [2.75, 3.05) is 0 Å². The molecular formula is C22H16BrFN2O3. The lowest BCUT2D eigenvalue weighted by atomic mass is 10.1. The molecule has 3 aromatic rings. The zero-order chi connectivity index (χ0) is 20.8. The summed E-state index contributed by atoms with van der Waals surface area (Å²) in [5, 5.41) is 3.85. The average Bonchev–Trinajstić information content (AvgIpc) is 2.70. The average molecular weight is 455 g/mol. The highest BCUT2D eigenvalue weighted by molar-refractivity contribution is 9.10. The first-order chi connectivity index (χ1) is 13.9. The van der Waals surface area contributed by atoms with Crippen molar-refractivity contribution >= 4 is 34.0 Å². The molecule has 3 rings (SSSR count). The number of esters is 1. The normalized spacial score (nSPS) is 10.7. The number of nitrogens with one attached hydrogen (secondary N) is 1. The van der Waals surface area contributed by atoms with Crippen LogP contribution in [0.1, 0.15) is 31.8 Å². The van der Waals surface area contributed by atoms with Crippen LogP contribution in [0.5, 0.6) is 5.75 Å². The number of carbonyl (C=O) groups is 2. The van der Waals surface area contributed by atoms with Crippen molar-refractivity contribution in [2.45, 2.75) is 6.92 Å². The number of hydrogen-bond donors (Lipinski definition) is 1. The van der Waals surface area contributed by atoms with Crippen LogP contribution in [0.2, 0.25) is 0 Å². The molecule has 0 saturated heterocycles. The molecule has 0 aliphatic rings. The summed E-state index contributed by atoms with van der Waals surface area (Å²) in [5.74, 6) is -1.58. The van der Waals surface area contributed by atoms with Crippen molar-refractivity contribution in [2.24, 2.45) is 5.10 Å². The van der Waals surface area contributed by atoms with Crippen molar-refractivity contribution in [1.29, 1.82) is 0 Å². The molecule has 5 nitrogen and oxygen atoms in total. The molecule has 7 heteroatoms. The number of hydrogen-bond acceptors (Lipinski definition) is 4. The summed E-state index contributed by atoms with van der Waals surface area (Å²) in [5.41, 5.74) is 4.04. The number of benzene rings is 3. The first kappa shape index (κ1) is 20.4. The van der Waals surface area contributed by atoms with E-state index >= 15 is 0 Å². The van der Waals surface area contributed by atoms with Gasteiger partial charge in [0.15, 0.2) is 0 Å². The van der Waals surface area contributed by atoms with Gasteiger partial charge in [0, 0.05) is 10.0 Å². The topological polar surface area (TPSA) is 67.8 Å². The molecule has 0 heterocycles. The van der Waals surface area contributed by atoms with Gasteiger partial charge in [-0.3, -0.25) is 4.79 Å². The van der Waals surface area contributed by atoms with Gasteiger partial charge >= 0.3 is 5.97 Å². The van der Waals surface area contributed by atoms with Crippen LogP contribution >= 0.6 is 15.9 Å². The summed E-state index contributed by atoms with van der Waals surface area (Å²) in [6.45, 7) is 1.92. The highest BCUT2D eigenvalue weighted by Gasteiger charge is 2.12. The third-order valence-corrected chi connectivity index (χ3v) is 4.44. The van der Waals surface area contributed by atoms with E-state index in [4.69, 9.17) is 4.74 Å². The summed E-state index contributed by atoms with van der Waals surface area (Å²) < 4.78 is 19.9. The molecule has 3 aromatic carbocycles. The molecule has 0 aliphatic heterocycles. The van der Waals surface area contributed by atoms with Crippen LogP contribution in [0.15, 0.2) is 76.3 Å². The highest BCUT2D eigenvalue weighted by atomic mass is 79.9. The van der Waals surface area contributed by atoms with Gasteiger partial charge in [-0.2, -0.15) is 5.10 Å². The maximum atomic E-state index is 13.7. The van der Waals surface area contributed by atoms with Gasteiger partial charge in [0.05, 0.1) is 17.3 Å². The van der Waals surface area contributed by atoms with Crippen LogP contribution in [-0.2, 0) is 0 Å². The van der Waals surface area contributed by atoms with Gasteiger partial charge in [0.2, 0.25) is 0 Å². The van der Waals surface area contributed by atoms with Gasteiger partial charge in [-0.1, -0.05) is 45.8 Å². The number of carbonyl (C=O) groups excluding carboxylic acids is 2. The van der Waals surface area contributed by atoms with Crippen LogP contribution in [0.25, 0.3) is 0 Å². The zero-order valence-electron chi connectivity index (χ0n) is 15.4. The summed E-state index contributed by atoms with van der Waals surface area (Å²) in [6, 6.07) is 17.6. The van der Waals surface area contributed by atoms with E-state index in [0.717, 1.165) is 10.0 Å². The Morgan fingerprint density at radius 3 is 2.52 bits per heavy atom. The molecule has 0 aliphatic carbocycles. The quantitative estimate of drug-likeness (QED) is 0.258. The Morgan fingerprint density at radius 1 is 1.07 bits per heavy atom. The van der Waals surface area contributed by atoms with E-state index in [1.54, 1.807) is 36.4 Å². The number of hydrazone groups is 1. The zero-order valence-corrected chi connectivity index (χ0v) is 16.9. The van der Waals surface area contributed by atoms with E-state index in [1.807, 2.05) is 19.1 Å². The molecule has 1 amide bonds. The lowest BCUT2D eigenvalue weighted by Crippen LogP contribution is -2.19. The fourth-order valence-electron chi connectivity index (χ4n) is 2.43. The van der Waals surface area contributed by atoms with Gasteiger partial charge in [0.1, 0.15) is 11.6 Å². The van der Waals surface area contributed by atoms with Crippen molar-refractivity contribution in [3.63, 3.8) is 0 Å². The van der Waals surface area contributed by atoms with E-state index in [-0.39, 0.29) is 11.3 Å². The molecule has 1 N–H and O–H groups in total. The Kier molecular flexibility index (Phi) is 6.51. The highest BCUT2D eigenvalue weighted by Crippen LogP contribution is 2.23. The number of rotatable bonds is 5. The van der Waals surface area contributed by atoms with Crippen LogP contribution in [-0.4, -0.2) is 18.1 Å². The van der Waals surface area contributed by atoms with Gasteiger partial charge < -0.3 is 4.74 Å². The molecule has 0 unspecified atom stereocenters. The molecular weight excluding hydrogens is 439 g/mol. The van der Waals surface area contributed by atoms with Crippen molar-refractivity contribution in [3.05, 3.63) is 99.3 Å². The number of aryl methyl sites for hydroxylation is 1. The summed E-state index contributed by atoms with van der Waals surface area (Å²) in [7, 11) is 0. The number of ether oxygens (including phenoxy) is 1. The molecule has 0 spiro atoms. The van der Waals surface area contributed by atoms with Gasteiger partial charge in [-0.15, -0.1) is 0 Å². The van der Waals surface area contributed by atoms with E-state index in [9.17, 15) is 14.0 Å². The molecule has 146 valence electrons. The minimum absolute atomic E-state index is 0.120. The number of amides is 1. The lowest BCUT2D eigenvalue weighted by molar-refractivity contribution is 0.0734. The van der Waals surface area contributed by atoms with Crippen molar-refractivity contribution in [3.8, 4) is 5.75 Å². The monoisotopic (exact) mass is 454 g/mol. The van der Waals surface area contributed by atoms with Crippen LogP contribution in [0.4, 0.5) is 4.39 Å².